The van der Waals surface area contributed by atoms with E-state index in [1.54, 1.807) is 24.3 Å². The van der Waals surface area contributed by atoms with E-state index in [-0.39, 0.29) is 11.9 Å². The Morgan fingerprint density at radius 2 is 1.74 bits per heavy atom. The van der Waals surface area contributed by atoms with E-state index in [4.69, 9.17) is 0 Å². The summed E-state index contributed by atoms with van der Waals surface area (Å²) in [6.45, 7) is 5.20. The van der Waals surface area contributed by atoms with Crippen molar-refractivity contribution in [1.29, 1.82) is 0 Å². The lowest BCUT2D eigenvalue weighted by Crippen LogP contribution is -2.29. The van der Waals surface area contributed by atoms with E-state index in [0.29, 0.717) is 24.3 Å². The first-order valence-electron chi connectivity index (χ1n) is 6.60. The van der Waals surface area contributed by atoms with Crippen LogP contribution in [0.3, 0.4) is 0 Å². The van der Waals surface area contributed by atoms with Crippen molar-refractivity contribution in [3.8, 4) is 0 Å². The highest BCUT2D eigenvalue weighted by Crippen LogP contribution is 2.09. The van der Waals surface area contributed by atoms with Crippen molar-refractivity contribution in [2.24, 2.45) is 0 Å². The van der Waals surface area contributed by atoms with Gasteiger partial charge in [-0.3, -0.25) is 4.79 Å². The van der Waals surface area contributed by atoms with Gasteiger partial charge >= 0.3 is 6.03 Å². The van der Waals surface area contributed by atoms with Crippen LogP contribution in [-0.2, 0) is 0 Å². The summed E-state index contributed by atoms with van der Waals surface area (Å²) >= 11 is 0. The van der Waals surface area contributed by atoms with Crippen molar-refractivity contribution in [2.45, 2.75) is 26.7 Å². The molecule has 0 spiro atoms. The molecule has 0 aliphatic heterocycles. The van der Waals surface area contributed by atoms with Crippen LogP contribution in [0.5, 0.6) is 0 Å². The standard InChI is InChI=1S/C14H21N3O2/c1-3-5-10-16-14(19)17-12-8-6-11(7-9-12)13(18)15-4-2/h6-9H,3-5,10H2,1-2H3,(H,15,18)(H2,16,17,19). The monoisotopic (exact) mass is 263 g/mol. The Balaban J connectivity index is 2.47. The van der Waals surface area contributed by atoms with Crippen LogP contribution in [0.2, 0.25) is 0 Å². The summed E-state index contributed by atoms with van der Waals surface area (Å²) in [4.78, 5) is 23.0. The van der Waals surface area contributed by atoms with E-state index in [1.165, 1.54) is 0 Å². The number of nitrogens with one attached hydrogen (secondary N) is 3. The van der Waals surface area contributed by atoms with Crippen LogP contribution in [-0.4, -0.2) is 25.0 Å². The third-order valence-corrected chi connectivity index (χ3v) is 2.56. The fraction of sp³-hybridized carbons (Fsp3) is 0.429. The Kier molecular flexibility index (Phi) is 6.43. The maximum absolute atomic E-state index is 11.5. The molecule has 3 amide bonds. The van der Waals surface area contributed by atoms with Crippen molar-refractivity contribution in [3.05, 3.63) is 29.8 Å². The summed E-state index contributed by atoms with van der Waals surface area (Å²) in [6.07, 6.45) is 2.01. The van der Waals surface area contributed by atoms with Crippen molar-refractivity contribution in [3.63, 3.8) is 0 Å². The molecule has 0 fully saturated rings. The Bertz CT molecular complexity index is 415. The first kappa shape index (κ1) is 15.0. The molecule has 0 saturated carbocycles. The van der Waals surface area contributed by atoms with E-state index in [9.17, 15) is 9.59 Å². The Labute approximate surface area is 113 Å². The highest BCUT2D eigenvalue weighted by atomic mass is 16.2. The van der Waals surface area contributed by atoms with Crippen molar-refractivity contribution >= 4 is 17.6 Å². The highest BCUT2D eigenvalue weighted by Gasteiger charge is 2.05. The molecule has 5 heteroatoms. The smallest absolute Gasteiger partial charge is 0.319 e. The van der Waals surface area contributed by atoms with Crippen LogP contribution in [0.15, 0.2) is 24.3 Å². The van der Waals surface area contributed by atoms with Crippen molar-refractivity contribution in [1.82, 2.24) is 10.6 Å². The Hall–Kier alpha value is -2.04. The minimum atomic E-state index is -0.223. The summed E-state index contributed by atoms with van der Waals surface area (Å²) < 4.78 is 0. The molecule has 0 heterocycles. The van der Waals surface area contributed by atoms with Crippen LogP contribution in [0.1, 0.15) is 37.0 Å². The second kappa shape index (κ2) is 8.13. The summed E-state index contributed by atoms with van der Waals surface area (Å²) in [6, 6.07) is 6.58. The predicted molar refractivity (Wildman–Crippen MR) is 76.4 cm³/mol. The largest absolute Gasteiger partial charge is 0.352 e. The second-order valence-electron chi connectivity index (χ2n) is 4.17. The number of carbonyl (C=O) groups is 2. The van der Waals surface area contributed by atoms with Gasteiger partial charge in [0.1, 0.15) is 0 Å². The SMILES string of the molecule is CCCCNC(=O)Nc1ccc(C(=O)NCC)cc1. The van der Waals surface area contributed by atoms with Crippen LogP contribution >= 0.6 is 0 Å². The summed E-state index contributed by atoms with van der Waals surface area (Å²) in [5.74, 6) is -0.110. The number of hydrogen-bond acceptors (Lipinski definition) is 2. The minimum absolute atomic E-state index is 0.110. The maximum atomic E-state index is 11.5. The molecule has 104 valence electrons. The molecular formula is C14H21N3O2. The summed E-state index contributed by atoms with van der Waals surface area (Å²) in [5, 5.41) is 8.20. The van der Waals surface area contributed by atoms with Gasteiger partial charge in [0.25, 0.3) is 5.91 Å². The quantitative estimate of drug-likeness (QED) is 0.689. The molecule has 0 radical (unpaired) electrons. The first-order valence-corrected chi connectivity index (χ1v) is 6.60. The van der Waals surface area contributed by atoms with Gasteiger partial charge in [-0.05, 0) is 37.6 Å². The van der Waals surface area contributed by atoms with Gasteiger partial charge in [-0.1, -0.05) is 13.3 Å². The highest BCUT2D eigenvalue weighted by molar-refractivity contribution is 5.95. The summed E-state index contributed by atoms with van der Waals surface area (Å²) in [7, 11) is 0. The van der Waals surface area contributed by atoms with Crippen molar-refractivity contribution < 1.29 is 9.59 Å². The average Bonchev–Trinajstić information content (AvgIpc) is 2.40. The van der Waals surface area contributed by atoms with Crippen LogP contribution in [0, 0.1) is 0 Å². The molecule has 0 aromatic heterocycles. The molecule has 0 unspecified atom stereocenters. The van der Waals surface area contributed by atoms with E-state index in [0.717, 1.165) is 12.8 Å². The van der Waals surface area contributed by atoms with E-state index in [2.05, 4.69) is 22.9 Å². The number of anilines is 1. The zero-order valence-corrected chi connectivity index (χ0v) is 11.5. The maximum Gasteiger partial charge on any atom is 0.319 e. The van der Waals surface area contributed by atoms with Gasteiger partial charge in [-0.2, -0.15) is 0 Å². The molecular weight excluding hydrogens is 242 g/mol. The zero-order chi connectivity index (χ0) is 14.1. The number of carbonyl (C=O) groups excluding carboxylic acids is 2. The van der Waals surface area contributed by atoms with Crippen LogP contribution in [0.25, 0.3) is 0 Å². The third-order valence-electron chi connectivity index (χ3n) is 2.56. The number of benzene rings is 1. The number of unbranched alkanes of at least 4 members (excludes halogenated alkanes) is 1. The van der Waals surface area contributed by atoms with E-state index in [1.807, 2.05) is 6.92 Å². The molecule has 0 aliphatic carbocycles. The molecule has 1 rings (SSSR count). The number of hydrogen-bond donors (Lipinski definition) is 3. The Morgan fingerprint density at radius 3 is 2.32 bits per heavy atom. The molecule has 5 nitrogen and oxygen atoms in total. The molecule has 0 saturated heterocycles. The van der Waals surface area contributed by atoms with Gasteiger partial charge < -0.3 is 16.0 Å². The molecule has 0 aliphatic rings. The van der Waals surface area contributed by atoms with Gasteiger partial charge in [-0.15, -0.1) is 0 Å². The topological polar surface area (TPSA) is 70.2 Å². The van der Waals surface area contributed by atoms with Gasteiger partial charge in [0.05, 0.1) is 0 Å². The number of amides is 3. The molecule has 1 aromatic rings. The molecule has 1 aromatic carbocycles. The van der Waals surface area contributed by atoms with Gasteiger partial charge in [0.15, 0.2) is 0 Å². The van der Waals surface area contributed by atoms with Crippen molar-refractivity contribution in [2.75, 3.05) is 18.4 Å². The lowest BCUT2D eigenvalue weighted by Gasteiger charge is -2.08. The van der Waals surface area contributed by atoms with Gasteiger partial charge in [0.2, 0.25) is 0 Å². The Morgan fingerprint density at radius 1 is 1.05 bits per heavy atom. The normalized spacial score (nSPS) is 9.79. The molecule has 0 atom stereocenters. The number of urea groups is 1. The third kappa shape index (κ3) is 5.42. The molecule has 19 heavy (non-hydrogen) atoms. The van der Waals surface area contributed by atoms with E-state index >= 15 is 0 Å². The predicted octanol–water partition coefficient (Wildman–Crippen LogP) is 2.36. The number of rotatable bonds is 6. The molecule has 0 bridgehead atoms. The fourth-order valence-electron chi connectivity index (χ4n) is 1.52. The van der Waals surface area contributed by atoms with E-state index < -0.39 is 0 Å². The summed E-state index contributed by atoms with van der Waals surface area (Å²) in [5.41, 5.74) is 1.25. The zero-order valence-electron chi connectivity index (χ0n) is 11.5. The minimum Gasteiger partial charge on any atom is -0.352 e. The fourth-order valence-corrected chi connectivity index (χ4v) is 1.52. The van der Waals surface area contributed by atoms with Gasteiger partial charge in [-0.25, -0.2) is 4.79 Å². The average molecular weight is 263 g/mol. The lowest BCUT2D eigenvalue weighted by molar-refractivity contribution is 0.0956. The lowest BCUT2D eigenvalue weighted by atomic mass is 10.2. The molecule has 3 N–H and O–H groups in total. The first-order chi connectivity index (χ1) is 9.17. The van der Waals surface area contributed by atoms with Gasteiger partial charge in [0, 0.05) is 24.3 Å². The van der Waals surface area contributed by atoms with Crippen LogP contribution < -0.4 is 16.0 Å². The second-order valence-corrected chi connectivity index (χ2v) is 4.17. The van der Waals surface area contributed by atoms with Crippen LogP contribution in [0.4, 0.5) is 10.5 Å².